The number of nitrogens with zero attached hydrogens (tertiary/aromatic N) is 3. The molecule has 0 unspecified atom stereocenters. The molecule has 0 saturated heterocycles. The molecule has 0 bridgehead atoms. The lowest BCUT2D eigenvalue weighted by atomic mass is 10.2. The highest BCUT2D eigenvalue weighted by atomic mass is 15.3. The Bertz CT molecular complexity index is 743. The Morgan fingerprint density at radius 3 is 2.65 bits per heavy atom. The summed E-state index contributed by atoms with van der Waals surface area (Å²) in [5, 5.41) is 5.18. The predicted octanol–water partition coefficient (Wildman–Crippen LogP) is 3.38. The summed E-state index contributed by atoms with van der Waals surface area (Å²) < 4.78 is 0. The van der Waals surface area contributed by atoms with Crippen molar-refractivity contribution in [1.82, 2.24) is 9.97 Å². The standard InChI is InChI=1S/C16H14N4/c1-12-6-8-13(9-7-12)10-19-20-16-14-4-2-3-5-15(14)17-11-18-16/h2-11H,1H3,(H,17,18,20)/b19-10+. The lowest BCUT2D eigenvalue weighted by molar-refractivity contribution is 1.18. The van der Waals surface area contributed by atoms with Crippen molar-refractivity contribution in [2.75, 3.05) is 5.43 Å². The second-order valence-electron chi connectivity index (χ2n) is 4.52. The zero-order valence-corrected chi connectivity index (χ0v) is 11.1. The average Bonchev–Trinajstić information content (AvgIpc) is 2.49. The van der Waals surface area contributed by atoms with E-state index in [0.717, 1.165) is 16.5 Å². The summed E-state index contributed by atoms with van der Waals surface area (Å²) in [5.74, 6) is 0.707. The molecule has 0 aliphatic rings. The molecular weight excluding hydrogens is 248 g/mol. The third-order valence-corrected chi connectivity index (χ3v) is 3.00. The van der Waals surface area contributed by atoms with E-state index >= 15 is 0 Å². The van der Waals surface area contributed by atoms with Gasteiger partial charge in [0.1, 0.15) is 6.33 Å². The van der Waals surface area contributed by atoms with Gasteiger partial charge in [0.25, 0.3) is 0 Å². The molecule has 20 heavy (non-hydrogen) atoms. The molecule has 98 valence electrons. The minimum atomic E-state index is 0.707. The van der Waals surface area contributed by atoms with E-state index < -0.39 is 0 Å². The molecule has 0 spiro atoms. The molecule has 1 heterocycles. The molecule has 1 aromatic heterocycles. The lowest BCUT2D eigenvalue weighted by Crippen LogP contribution is -1.95. The maximum Gasteiger partial charge on any atom is 0.157 e. The molecule has 0 radical (unpaired) electrons. The maximum atomic E-state index is 4.23. The summed E-state index contributed by atoms with van der Waals surface area (Å²) in [4.78, 5) is 8.43. The van der Waals surface area contributed by atoms with Gasteiger partial charge in [-0.1, -0.05) is 42.0 Å². The summed E-state index contributed by atoms with van der Waals surface area (Å²) >= 11 is 0. The third kappa shape index (κ3) is 2.64. The van der Waals surface area contributed by atoms with Crippen molar-refractivity contribution in [3.8, 4) is 0 Å². The first-order chi connectivity index (χ1) is 9.83. The first-order valence-corrected chi connectivity index (χ1v) is 6.38. The zero-order chi connectivity index (χ0) is 13.8. The van der Waals surface area contributed by atoms with Gasteiger partial charge in [-0.15, -0.1) is 0 Å². The number of hydrogen-bond acceptors (Lipinski definition) is 4. The van der Waals surface area contributed by atoms with Crippen LogP contribution in [0.15, 0.2) is 60.0 Å². The fourth-order valence-electron chi connectivity index (χ4n) is 1.91. The Morgan fingerprint density at radius 2 is 1.80 bits per heavy atom. The molecule has 3 aromatic rings. The lowest BCUT2D eigenvalue weighted by Gasteiger charge is -2.03. The fraction of sp³-hybridized carbons (Fsp3) is 0.0625. The molecule has 0 fully saturated rings. The highest BCUT2D eigenvalue weighted by Crippen LogP contribution is 2.17. The Labute approximate surface area is 117 Å². The van der Waals surface area contributed by atoms with E-state index in [-0.39, 0.29) is 0 Å². The Balaban J connectivity index is 1.81. The fourth-order valence-corrected chi connectivity index (χ4v) is 1.91. The van der Waals surface area contributed by atoms with Crippen LogP contribution in [0.2, 0.25) is 0 Å². The van der Waals surface area contributed by atoms with Crippen molar-refractivity contribution in [1.29, 1.82) is 0 Å². The Hall–Kier alpha value is -2.75. The highest BCUT2D eigenvalue weighted by Gasteiger charge is 2.00. The van der Waals surface area contributed by atoms with Crippen LogP contribution in [-0.4, -0.2) is 16.2 Å². The molecule has 0 aliphatic heterocycles. The molecule has 1 N–H and O–H groups in total. The SMILES string of the molecule is Cc1ccc(/C=N/Nc2ncnc3ccccc23)cc1. The van der Waals surface area contributed by atoms with Gasteiger partial charge in [-0.3, -0.25) is 5.43 Å². The minimum absolute atomic E-state index is 0.707. The van der Waals surface area contributed by atoms with Crippen molar-refractivity contribution in [2.45, 2.75) is 6.92 Å². The summed E-state index contributed by atoms with van der Waals surface area (Å²) in [6.07, 6.45) is 3.31. The van der Waals surface area contributed by atoms with Crippen molar-refractivity contribution in [3.05, 3.63) is 66.0 Å². The number of rotatable bonds is 3. The second-order valence-corrected chi connectivity index (χ2v) is 4.52. The number of para-hydroxylation sites is 1. The number of benzene rings is 2. The van der Waals surface area contributed by atoms with E-state index in [1.165, 1.54) is 11.9 Å². The van der Waals surface area contributed by atoms with Gasteiger partial charge >= 0.3 is 0 Å². The van der Waals surface area contributed by atoms with Crippen LogP contribution in [0, 0.1) is 6.92 Å². The zero-order valence-electron chi connectivity index (χ0n) is 11.1. The first-order valence-electron chi connectivity index (χ1n) is 6.38. The molecule has 4 heteroatoms. The number of nitrogens with one attached hydrogen (secondary N) is 1. The van der Waals surface area contributed by atoms with E-state index in [0.29, 0.717) is 5.82 Å². The second kappa shape index (κ2) is 5.48. The molecule has 0 atom stereocenters. The number of aromatic nitrogens is 2. The van der Waals surface area contributed by atoms with Crippen LogP contribution in [0.25, 0.3) is 10.9 Å². The topological polar surface area (TPSA) is 50.2 Å². The number of hydrazone groups is 1. The molecule has 2 aromatic carbocycles. The number of fused-ring (bicyclic) bond motifs is 1. The predicted molar refractivity (Wildman–Crippen MR) is 81.9 cm³/mol. The van der Waals surface area contributed by atoms with Gasteiger partial charge < -0.3 is 0 Å². The average molecular weight is 262 g/mol. The van der Waals surface area contributed by atoms with Gasteiger partial charge in [0.05, 0.1) is 11.7 Å². The minimum Gasteiger partial charge on any atom is -0.261 e. The van der Waals surface area contributed by atoms with Crippen molar-refractivity contribution in [3.63, 3.8) is 0 Å². The summed E-state index contributed by atoms with van der Waals surface area (Å²) in [5.41, 5.74) is 6.14. The smallest absolute Gasteiger partial charge is 0.157 e. The third-order valence-electron chi connectivity index (χ3n) is 3.00. The molecule has 3 rings (SSSR count). The van der Waals surface area contributed by atoms with E-state index in [2.05, 4.69) is 39.6 Å². The summed E-state index contributed by atoms with van der Waals surface area (Å²) in [7, 11) is 0. The van der Waals surface area contributed by atoms with Crippen LogP contribution in [0.3, 0.4) is 0 Å². The van der Waals surface area contributed by atoms with Crippen molar-refractivity contribution >= 4 is 22.9 Å². The van der Waals surface area contributed by atoms with E-state index in [9.17, 15) is 0 Å². The van der Waals surface area contributed by atoms with Crippen LogP contribution in [0.4, 0.5) is 5.82 Å². The van der Waals surface area contributed by atoms with Gasteiger partial charge in [0, 0.05) is 5.39 Å². The highest BCUT2D eigenvalue weighted by molar-refractivity contribution is 5.89. The number of anilines is 1. The van der Waals surface area contributed by atoms with Crippen molar-refractivity contribution in [2.24, 2.45) is 5.10 Å². The van der Waals surface area contributed by atoms with Crippen molar-refractivity contribution < 1.29 is 0 Å². The summed E-state index contributed by atoms with van der Waals surface area (Å²) in [6, 6.07) is 16.0. The van der Waals surface area contributed by atoms with Crippen LogP contribution in [0.5, 0.6) is 0 Å². The summed E-state index contributed by atoms with van der Waals surface area (Å²) in [6.45, 7) is 2.06. The normalized spacial score (nSPS) is 11.1. The Morgan fingerprint density at radius 1 is 1.00 bits per heavy atom. The largest absolute Gasteiger partial charge is 0.261 e. The number of hydrogen-bond donors (Lipinski definition) is 1. The number of aryl methyl sites for hydroxylation is 1. The van der Waals surface area contributed by atoms with Crippen LogP contribution in [0.1, 0.15) is 11.1 Å². The van der Waals surface area contributed by atoms with E-state index in [1.807, 2.05) is 36.4 Å². The van der Waals surface area contributed by atoms with Gasteiger partial charge in [-0.25, -0.2) is 9.97 Å². The van der Waals surface area contributed by atoms with Gasteiger partial charge in [0.15, 0.2) is 5.82 Å². The molecule has 0 saturated carbocycles. The van der Waals surface area contributed by atoms with E-state index in [1.54, 1.807) is 6.21 Å². The Kier molecular flexibility index (Phi) is 3.37. The monoisotopic (exact) mass is 262 g/mol. The van der Waals surface area contributed by atoms with Crippen LogP contribution in [-0.2, 0) is 0 Å². The van der Waals surface area contributed by atoms with Crippen LogP contribution >= 0.6 is 0 Å². The molecular formula is C16H14N4. The maximum absolute atomic E-state index is 4.23. The van der Waals surface area contributed by atoms with Crippen LogP contribution < -0.4 is 5.43 Å². The molecule has 4 nitrogen and oxygen atoms in total. The first kappa shape index (κ1) is 12.3. The van der Waals surface area contributed by atoms with Gasteiger partial charge in [-0.05, 0) is 24.6 Å². The quantitative estimate of drug-likeness (QED) is 0.581. The molecule has 0 aliphatic carbocycles. The van der Waals surface area contributed by atoms with E-state index in [4.69, 9.17) is 0 Å². The van der Waals surface area contributed by atoms with Gasteiger partial charge in [0.2, 0.25) is 0 Å². The van der Waals surface area contributed by atoms with Gasteiger partial charge in [-0.2, -0.15) is 5.10 Å². The molecule has 0 amide bonds.